The normalized spacial score (nSPS) is 10.3. The highest BCUT2D eigenvalue weighted by molar-refractivity contribution is 5.98. The molecule has 0 spiro atoms. The van der Waals surface area contributed by atoms with Gasteiger partial charge in [-0.2, -0.15) is 0 Å². The molecule has 0 radical (unpaired) electrons. The summed E-state index contributed by atoms with van der Waals surface area (Å²) in [6.07, 6.45) is 0.750. The summed E-state index contributed by atoms with van der Waals surface area (Å²) >= 11 is 0. The Morgan fingerprint density at radius 1 is 1.53 bits per heavy atom. The third kappa shape index (κ3) is 3.71. The minimum Gasteiger partial charge on any atom is -0.398 e. The molecule has 0 heterocycles. The fourth-order valence-corrected chi connectivity index (χ4v) is 1.48. The van der Waals surface area contributed by atoms with E-state index < -0.39 is 5.82 Å². The van der Waals surface area contributed by atoms with Crippen LogP contribution in [0.5, 0.6) is 0 Å². The number of methoxy groups -OCH3 is 1. The van der Waals surface area contributed by atoms with Gasteiger partial charge in [-0.15, -0.1) is 0 Å². The van der Waals surface area contributed by atoms with Gasteiger partial charge in [-0.25, -0.2) is 4.39 Å². The van der Waals surface area contributed by atoms with E-state index in [4.69, 9.17) is 10.5 Å². The maximum atomic E-state index is 12.8. The van der Waals surface area contributed by atoms with Crippen molar-refractivity contribution in [2.75, 3.05) is 33.0 Å². The van der Waals surface area contributed by atoms with Gasteiger partial charge in [-0.1, -0.05) is 0 Å². The van der Waals surface area contributed by atoms with Crippen LogP contribution in [-0.2, 0) is 4.74 Å². The molecule has 17 heavy (non-hydrogen) atoms. The van der Waals surface area contributed by atoms with Gasteiger partial charge in [0.2, 0.25) is 0 Å². The topological polar surface area (TPSA) is 55.6 Å². The number of carbonyl (C=O) groups excluding carboxylic acids is 1. The van der Waals surface area contributed by atoms with Crippen molar-refractivity contribution in [2.45, 2.75) is 6.42 Å². The highest BCUT2D eigenvalue weighted by atomic mass is 19.1. The van der Waals surface area contributed by atoms with E-state index in [1.807, 2.05) is 0 Å². The second-order valence-corrected chi connectivity index (χ2v) is 3.80. The van der Waals surface area contributed by atoms with Crippen molar-refractivity contribution in [2.24, 2.45) is 0 Å². The first-order valence-corrected chi connectivity index (χ1v) is 5.35. The Morgan fingerprint density at radius 2 is 2.24 bits per heavy atom. The number of halogens is 1. The van der Waals surface area contributed by atoms with Crippen LogP contribution in [0.4, 0.5) is 10.1 Å². The van der Waals surface area contributed by atoms with Gasteiger partial charge in [0.25, 0.3) is 5.91 Å². The number of anilines is 1. The molecule has 2 N–H and O–H groups in total. The molecule has 1 aromatic rings. The van der Waals surface area contributed by atoms with Gasteiger partial charge in [0.1, 0.15) is 5.82 Å². The van der Waals surface area contributed by atoms with Gasteiger partial charge in [0.15, 0.2) is 0 Å². The molecule has 0 fully saturated rings. The predicted octanol–water partition coefficient (Wildman–Crippen LogP) is 1.52. The number of rotatable bonds is 5. The Balaban J connectivity index is 2.68. The number of benzene rings is 1. The third-order valence-electron chi connectivity index (χ3n) is 2.43. The largest absolute Gasteiger partial charge is 0.398 e. The number of amides is 1. The van der Waals surface area contributed by atoms with Crippen molar-refractivity contribution in [3.8, 4) is 0 Å². The molecule has 94 valence electrons. The molecule has 0 aromatic heterocycles. The van der Waals surface area contributed by atoms with Gasteiger partial charge >= 0.3 is 0 Å². The number of hydrogen-bond acceptors (Lipinski definition) is 3. The second-order valence-electron chi connectivity index (χ2n) is 3.80. The van der Waals surface area contributed by atoms with Gasteiger partial charge in [0, 0.05) is 33.0 Å². The van der Waals surface area contributed by atoms with Crippen molar-refractivity contribution in [3.05, 3.63) is 29.6 Å². The highest BCUT2D eigenvalue weighted by Crippen LogP contribution is 2.15. The van der Waals surface area contributed by atoms with Crippen molar-refractivity contribution >= 4 is 11.6 Å². The third-order valence-corrected chi connectivity index (χ3v) is 2.43. The Kier molecular flexibility index (Phi) is 4.90. The zero-order valence-electron chi connectivity index (χ0n) is 10.1. The molecule has 0 saturated heterocycles. The summed E-state index contributed by atoms with van der Waals surface area (Å²) in [6.45, 7) is 1.17. The summed E-state index contributed by atoms with van der Waals surface area (Å²) in [4.78, 5) is 13.5. The lowest BCUT2D eigenvalue weighted by Crippen LogP contribution is -2.29. The monoisotopic (exact) mass is 240 g/mol. The van der Waals surface area contributed by atoms with E-state index in [0.29, 0.717) is 18.7 Å². The molecule has 0 atom stereocenters. The molecule has 1 aromatic carbocycles. The number of carbonyl (C=O) groups is 1. The summed E-state index contributed by atoms with van der Waals surface area (Å²) in [5, 5.41) is 0. The molecule has 0 aliphatic rings. The minimum atomic E-state index is -0.443. The zero-order valence-corrected chi connectivity index (χ0v) is 10.1. The molecule has 0 bridgehead atoms. The first kappa shape index (κ1) is 13.4. The molecule has 4 nitrogen and oxygen atoms in total. The summed E-state index contributed by atoms with van der Waals surface area (Å²) in [6, 6.07) is 3.78. The van der Waals surface area contributed by atoms with Crippen molar-refractivity contribution < 1.29 is 13.9 Å². The van der Waals surface area contributed by atoms with Crippen LogP contribution in [0.25, 0.3) is 0 Å². The fraction of sp³-hybridized carbons (Fsp3) is 0.417. The second kappa shape index (κ2) is 6.20. The molecule has 0 aliphatic heterocycles. The quantitative estimate of drug-likeness (QED) is 0.627. The van der Waals surface area contributed by atoms with Crippen LogP contribution in [-0.4, -0.2) is 38.1 Å². The van der Waals surface area contributed by atoms with Gasteiger partial charge in [-0.05, 0) is 24.6 Å². The average molecular weight is 240 g/mol. The number of nitrogens with two attached hydrogens (primary N) is 1. The van der Waals surface area contributed by atoms with Crippen LogP contribution < -0.4 is 5.73 Å². The van der Waals surface area contributed by atoms with Crippen LogP contribution in [0, 0.1) is 5.82 Å². The molecular weight excluding hydrogens is 223 g/mol. The molecule has 0 aliphatic carbocycles. The van der Waals surface area contributed by atoms with E-state index in [2.05, 4.69) is 0 Å². The van der Waals surface area contributed by atoms with Crippen LogP contribution in [0.3, 0.4) is 0 Å². The first-order chi connectivity index (χ1) is 8.06. The smallest absolute Gasteiger partial charge is 0.255 e. The first-order valence-electron chi connectivity index (χ1n) is 5.35. The summed E-state index contributed by atoms with van der Waals surface area (Å²) < 4.78 is 17.7. The van der Waals surface area contributed by atoms with E-state index in [1.54, 1.807) is 19.1 Å². The Labute approximate surface area is 100 Å². The summed E-state index contributed by atoms with van der Waals surface area (Å²) in [5.74, 6) is -0.653. The van der Waals surface area contributed by atoms with Gasteiger partial charge in [0.05, 0.1) is 5.56 Å². The fourth-order valence-electron chi connectivity index (χ4n) is 1.48. The van der Waals surface area contributed by atoms with Crippen molar-refractivity contribution in [3.63, 3.8) is 0 Å². The predicted molar refractivity (Wildman–Crippen MR) is 64.3 cm³/mol. The lowest BCUT2D eigenvalue weighted by atomic mass is 10.1. The van der Waals surface area contributed by atoms with Crippen molar-refractivity contribution in [1.29, 1.82) is 0 Å². The standard InChI is InChI=1S/C12H17FN2O2/c1-15(6-3-7-17-2)12(16)10-5-4-9(13)8-11(10)14/h4-5,8H,3,6-7,14H2,1-2H3. The lowest BCUT2D eigenvalue weighted by Gasteiger charge is -2.17. The molecule has 1 amide bonds. The van der Waals surface area contributed by atoms with E-state index >= 15 is 0 Å². The maximum absolute atomic E-state index is 12.8. The zero-order chi connectivity index (χ0) is 12.8. The van der Waals surface area contributed by atoms with E-state index in [9.17, 15) is 9.18 Å². The SMILES string of the molecule is COCCCN(C)C(=O)c1ccc(F)cc1N. The van der Waals surface area contributed by atoms with Crippen LogP contribution in [0.15, 0.2) is 18.2 Å². The van der Waals surface area contributed by atoms with Crippen LogP contribution in [0.1, 0.15) is 16.8 Å². The van der Waals surface area contributed by atoms with Gasteiger partial charge in [-0.3, -0.25) is 4.79 Å². The number of nitrogens with zero attached hydrogens (tertiary/aromatic N) is 1. The molecule has 0 saturated carbocycles. The Morgan fingerprint density at radius 3 is 2.82 bits per heavy atom. The summed E-state index contributed by atoms with van der Waals surface area (Å²) in [5.41, 5.74) is 6.09. The maximum Gasteiger partial charge on any atom is 0.255 e. The number of ether oxygens (including phenoxy) is 1. The Bertz CT molecular complexity index is 396. The van der Waals surface area contributed by atoms with E-state index in [1.165, 1.54) is 12.1 Å². The van der Waals surface area contributed by atoms with E-state index in [0.717, 1.165) is 12.5 Å². The highest BCUT2D eigenvalue weighted by Gasteiger charge is 2.14. The summed E-state index contributed by atoms with van der Waals surface area (Å²) in [7, 11) is 3.29. The van der Waals surface area contributed by atoms with Crippen LogP contribution in [0.2, 0.25) is 0 Å². The number of nitrogen functional groups attached to an aromatic ring is 1. The van der Waals surface area contributed by atoms with Crippen molar-refractivity contribution in [1.82, 2.24) is 4.90 Å². The minimum absolute atomic E-state index is 0.161. The van der Waals surface area contributed by atoms with Gasteiger partial charge < -0.3 is 15.4 Å². The number of hydrogen-bond donors (Lipinski definition) is 1. The average Bonchev–Trinajstić information content (AvgIpc) is 2.28. The van der Waals surface area contributed by atoms with E-state index in [-0.39, 0.29) is 11.6 Å². The molecule has 0 unspecified atom stereocenters. The Hall–Kier alpha value is -1.62. The molecular formula is C12H17FN2O2. The molecule has 5 heteroatoms. The lowest BCUT2D eigenvalue weighted by molar-refractivity contribution is 0.0780. The molecule has 1 rings (SSSR count). The van der Waals surface area contributed by atoms with Crippen LogP contribution >= 0.6 is 0 Å².